The van der Waals surface area contributed by atoms with Gasteiger partial charge in [0.25, 0.3) is 0 Å². The average Bonchev–Trinajstić information content (AvgIpc) is 2.55. The fraction of sp³-hybridized carbons (Fsp3) is 0.167. The van der Waals surface area contributed by atoms with E-state index in [2.05, 4.69) is 29.2 Å². The summed E-state index contributed by atoms with van der Waals surface area (Å²) < 4.78 is 6.00. The van der Waals surface area contributed by atoms with Gasteiger partial charge in [-0.05, 0) is 47.5 Å². The Bertz CT molecular complexity index is 726. The highest BCUT2D eigenvalue weighted by atomic mass is 16.5. The summed E-state index contributed by atoms with van der Waals surface area (Å²) in [6.45, 7) is 1.15. The summed E-state index contributed by atoms with van der Waals surface area (Å²) >= 11 is 0. The fourth-order valence-corrected chi connectivity index (χ4v) is 2.49. The molecule has 1 aromatic heterocycles. The lowest BCUT2D eigenvalue weighted by molar-refractivity contribution is 0.303. The van der Waals surface area contributed by atoms with E-state index in [9.17, 15) is 0 Å². The van der Waals surface area contributed by atoms with Crippen molar-refractivity contribution < 1.29 is 4.74 Å². The number of rotatable bonds is 5. The Morgan fingerprint density at radius 1 is 0.952 bits per heavy atom. The molecular weight excluding hydrogens is 260 g/mol. The van der Waals surface area contributed by atoms with Crippen LogP contribution < -0.4 is 10.5 Å². The van der Waals surface area contributed by atoms with E-state index in [4.69, 9.17) is 10.5 Å². The first-order valence-electron chi connectivity index (χ1n) is 7.11. The summed E-state index contributed by atoms with van der Waals surface area (Å²) in [4.78, 5) is 4.02. The normalized spacial score (nSPS) is 10.7. The van der Waals surface area contributed by atoms with Gasteiger partial charge in [0.15, 0.2) is 0 Å². The molecule has 3 aromatic rings. The minimum atomic E-state index is 0.540. The first kappa shape index (κ1) is 13.6. The molecule has 0 saturated carbocycles. The number of benzene rings is 2. The summed E-state index contributed by atoms with van der Waals surface area (Å²) in [6.07, 6.45) is 4.37. The van der Waals surface area contributed by atoms with Crippen molar-refractivity contribution in [3.63, 3.8) is 0 Å². The molecule has 0 fully saturated rings. The Hall–Kier alpha value is -2.39. The van der Waals surface area contributed by atoms with Crippen molar-refractivity contribution in [1.29, 1.82) is 0 Å². The van der Waals surface area contributed by atoms with Crippen molar-refractivity contribution in [2.75, 3.05) is 6.54 Å². The van der Waals surface area contributed by atoms with Crippen LogP contribution in [0.5, 0.6) is 5.75 Å². The zero-order valence-corrected chi connectivity index (χ0v) is 11.8. The van der Waals surface area contributed by atoms with E-state index >= 15 is 0 Å². The van der Waals surface area contributed by atoms with Gasteiger partial charge in [0.1, 0.15) is 12.4 Å². The van der Waals surface area contributed by atoms with Crippen LogP contribution >= 0.6 is 0 Å². The number of nitrogens with two attached hydrogens (primary N) is 1. The van der Waals surface area contributed by atoms with Gasteiger partial charge in [0, 0.05) is 18.0 Å². The average molecular weight is 278 g/mol. The van der Waals surface area contributed by atoms with E-state index in [1.165, 1.54) is 16.3 Å². The molecule has 3 rings (SSSR count). The van der Waals surface area contributed by atoms with Crippen molar-refractivity contribution in [1.82, 2.24) is 4.98 Å². The molecule has 0 bridgehead atoms. The van der Waals surface area contributed by atoms with E-state index in [1.807, 2.05) is 24.3 Å². The highest BCUT2D eigenvalue weighted by Gasteiger charge is 2.08. The topological polar surface area (TPSA) is 48.1 Å². The maximum Gasteiger partial charge on any atom is 0.123 e. The largest absolute Gasteiger partial charge is 0.489 e. The number of aromatic nitrogens is 1. The maximum absolute atomic E-state index is 6.00. The number of ether oxygens (including phenoxy) is 1. The molecule has 2 aromatic carbocycles. The maximum atomic E-state index is 6.00. The smallest absolute Gasteiger partial charge is 0.123 e. The van der Waals surface area contributed by atoms with Gasteiger partial charge in [-0.25, -0.2) is 0 Å². The van der Waals surface area contributed by atoms with Crippen LogP contribution in [0, 0.1) is 0 Å². The third-order valence-electron chi connectivity index (χ3n) is 3.54. The van der Waals surface area contributed by atoms with Crippen molar-refractivity contribution >= 4 is 10.8 Å². The Kier molecular flexibility index (Phi) is 4.12. The second-order valence-corrected chi connectivity index (χ2v) is 4.95. The predicted molar refractivity (Wildman–Crippen MR) is 85.3 cm³/mol. The molecule has 1 heterocycles. The lowest BCUT2D eigenvalue weighted by Crippen LogP contribution is -2.06. The van der Waals surface area contributed by atoms with Gasteiger partial charge < -0.3 is 10.5 Å². The molecule has 0 radical (unpaired) electrons. The first-order chi connectivity index (χ1) is 10.4. The SMILES string of the molecule is NCCc1c(OCc2ccncc2)ccc2ccccc12. The summed E-state index contributed by atoms with van der Waals surface area (Å²) in [5.41, 5.74) is 8.06. The number of pyridine rings is 1. The second kappa shape index (κ2) is 6.37. The minimum absolute atomic E-state index is 0.540. The molecule has 0 aliphatic heterocycles. The van der Waals surface area contributed by atoms with Crippen LogP contribution in [0.1, 0.15) is 11.1 Å². The molecule has 0 amide bonds. The molecular formula is C18H18N2O. The molecule has 0 aliphatic rings. The molecule has 3 heteroatoms. The van der Waals surface area contributed by atoms with Crippen molar-refractivity contribution in [3.05, 3.63) is 72.1 Å². The number of nitrogens with zero attached hydrogens (tertiary/aromatic N) is 1. The van der Waals surface area contributed by atoms with Gasteiger partial charge in [-0.3, -0.25) is 4.98 Å². The van der Waals surface area contributed by atoms with Gasteiger partial charge in [-0.1, -0.05) is 30.3 Å². The molecule has 3 nitrogen and oxygen atoms in total. The third kappa shape index (κ3) is 3.03. The van der Waals surface area contributed by atoms with Crippen LogP contribution in [0.2, 0.25) is 0 Å². The van der Waals surface area contributed by atoms with E-state index in [0.29, 0.717) is 13.2 Å². The highest BCUT2D eigenvalue weighted by Crippen LogP contribution is 2.29. The molecule has 2 N–H and O–H groups in total. The van der Waals surface area contributed by atoms with Crippen molar-refractivity contribution in [2.24, 2.45) is 5.73 Å². The Morgan fingerprint density at radius 3 is 2.57 bits per heavy atom. The van der Waals surface area contributed by atoms with Gasteiger partial charge in [0.05, 0.1) is 0 Å². The van der Waals surface area contributed by atoms with Gasteiger partial charge in [-0.2, -0.15) is 0 Å². The minimum Gasteiger partial charge on any atom is -0.489 e. The molecule has 106 valence electrons. The van der Waals surface area contributed by atoms with E-state index in [-0.39, 0.29) is 0 Å². The molecule has 21 heavy (non-hydrogen) atoms. The number of hydrogen-bond donors (Lipinski definition) is 1. The van der Waals surface area contributed by atoms with Crippen molar-refractivity contribution in [2.45, 2.75) is 13.0 Å². The van der Waals surface area contributed by atoms with Crippen LogP contribution in [0.25, 0.3) is 10.8 Å². The van der Waals surface area contributed by atoms with Crippen LogP contribution in [0.15, 0.2) is 60.9 Å². The third-order valence-corrected chi connectivity index (χ3v) is 3.54. The van der Waals surface area contributed by atoms with Gasteiger partial charge >= 0.3 is 0 Å². The Labute approximate surface area is 124 Å². The van der Waals surface area contributed by atoms with Crippen LogP contribution in [-0.2, 0) is 13.0 Å². The Balaban J connectivity index is 1.92. The van der Waals surface area contributed by atoms with E-state index < -0.39 is 0 Å². The second-order valence-electron chi connectivity index (χ2n) is 4.95. The number of fused-ring (bicyclic) bond motifs is 1. The lowest BCUT2D eigenvalue weighted by atomic mass is 10.0. The van der Waals surface area contributed by atoms with Gasteiger partial charge in [-0.15, -0.1) is 0 Å². The molecule has 0 spiro atoms. The van der Waals surface area contributed by atoms with Crippen LogP contribution in [0.3, 0.4) is 0 Å². The van der Waals surface area contributed by atoms with Crippen LogP contribution in [-0.4, -0.2) is 11.5 Å². The monoisotopic (exact) mass is 278 g/mol. The first-order valence-corrected chi connectivity index (χ1v) is 7.11. The highest BCUT2D eigenvalue weighted by molar-refractivity contribution is 5.87. The summed E-state index contributed by atoms with van der Waals surface area (Å²) in [6, 6.07) is 16.4. The van der Waals surface area contributed by atoms with Gasteiger partial charge in [0.2, 0.25) is 0 Å². The van der Waals surface area contributed by atoms with Crippen molar-refractivity contribution in [3.8, 4) is 5.75 Å². The summed E-state index contributed by atoms with van der Waals surface area (Å²) in [5.74, 6) is 0.913. The summed E-state index contributed by atoms with van der Waals surface area (Å²) in [7, 11) is 0. The zero-order valence-electron chi connectivity index (χ0n) is 11.8. The van der Waals surface area contributed by atoms with E-state index in [0.717, 1.165) is 17.7 Å². The quantitative estimate of drug-likeness (QED) is 0.779. The Morgan fingerprint density at radius 2 is 1.76 bits per heavy atom. The standard InChI is InChI=1S/C18H18N2O/c19-10-7-17-16-4-2-1-3-15(16)5-6-18(17)21-13-14-8-11-20-12-9-14/h1-6,8-9,11-12H,7,10,13,19H2. The molecule has 0 saturated heterocycles. The zero-order chi connectivity index (χ0) is 14.5. The molecule has 0 aliphatic carbocycles. The molecule has 0 unspecified atom stereocenters. The predicted octanol–water partition coefficient (Wildman–Crippen LogP) is 3.32. The number of hydrogen-bond acceptors (Lipinski definition) is 3. The van der Waals surface area contributed by atoms with Crippen LogP contribution in [0.4, 0.5) is 0 Å². The molecule has 0 atom stereocenters. The lowest BCUT2D eigenvalue weighted by Gasteiger charge is -2.14. The fourth-order valence-electron chi connectivity index (χ4n) is 2.49. The van der Waals surface area contributed by atoms with E-state index in [1.54, 1.807) is 12.4 Å². The summed E-state index contributed by atoms with van der Waals surface area (Å²) in [5, 5.41) is 2.44.